The Morgan fingerprint density at radius 2 is 2.00 bits per heavy atom. The molecule has 0 radical (unpaired) electrons. The zero-order chi connectivity index (χ0) is 18.9. The van der Waals surface area contributed by atoms with Gasteiger partial charge in [0, 0.05) is 30.9 Å². The Kier molecular flexibility index (Phi) is 5.37. The molecule has 2 aliphatic heterocycles. The van der Waals surface area contributed by atoms with Gasteiger partial charge in [0.05, 0.1) is 0 Å². The largest absolute Gasteiger partial charge is 0.480 e. The SMILES string of the molecule is CCCN1CC2(CCN(C(=O)c3n[nH]c(CC)c3C)CC2)CC1C(=O)O. The van der Waals surface area contributed by atoms with E-state index >= 15 is 0 Å². The number of aliphatic carboxylic acids is 1. The summed E-state index contributed by atoms with van der Waals surface area (Å²) in [5.74, 6) is -0.723. The number of hydrogen-bond acceptors (Lipinski definition) is 4. The van der Waals surface area contributed by atoms with E-state index in [-0.39, 0.29) is 17.4 Å². The number of aryl methyl sites for hydroxylation is 1. The number of hydrogen-bond donors (Lipinski definition) is 2. The molecule has 1 unspecified atom stereocenters. The molecule has 1 aromatic rings. The molecule has 2 fully saturated rings. The Morgan fingerprint density at radius 1 is 1.31 bits per heavy atom. The van der Waals surface area contributed by atoms with Crippen LogP contribution in [-0.4, -0.2) is 69.2 Å². The van der Waals surface area contributed by atoms with Crippen LogP contribution in [0.1, 0.15) is 61.3 Å². The summed E-state index contributed by atoms with van der Waals surface area (Å²) in [5, 5.41) is 16.7. The molecule has 2 saturated heterocycles. The van der Waals surface area contributed by atoms with Crippen LogP contribution >= 0.6 is 0 Å². The highest BCUT2D eigenvalue weighted by Crippen LogP contribution is 2.43. The minimum atomic E-state index is -0.715. The predicted molar refractivity (Wildman–Crippen MR) is 98.2 cm³/mol. The van der Waals surface area contributed by atoms with Crippen LogP contribution in [0, 0.1) is 12.3 Å². The second-order valence-corrected chi connectivity index (χ2v) is 7.85. The number of piperidine rings is 1. The number of rotatable bonds is 5. The fourth-order valence-electron chi connectivity index (χ4n) is 4.59. The summed E-state index contributed by atoms with van der Waals surface area (Å²) in [6.45, 7) is 9.09. The van der Waals surface area contributed by atoms with E-state index in [0.717, 1.165) is 50.0 Å². The fraction of sp³-hybridized carbons (Fsp3) is 0.737. The van der Waals surface area contributed by atoms with Gasteiger partial charge < -0.3 is 10.0 Å². The third-order valence-electron chi connectivity index (χ3n) is 6.18. The molecule has 0 bridgehead atoms. The number of aromatic amines is 1. The Hall–Kier alpha value is -1.89. The lowest BCUT2D eigenvalue weighted by atomic mass is 9.76. The van der Waals surface area contributed by atoms with Crippen molar-refractivity contribution in [3.05, 3.63) is 17.0 Å². The minimum Gasteiger partial charge on any atom is -0.480 e. The van der Waals surface area contributed by atoms with Crippen LogP contribution in [0.5, 0.6) is 0 Å². The quantitative estimate of drug-likeness (QED) is 0.837. The molecule has 26 heavy (non-hydrogen) atoms. The molecule has 144 valence electrons. The van der Waals surface area contributed by atoms with Gasteiger partial charge >= 0.3 is 5.97 Å². The van der Waals surface area contributed by atoms with Gasteiger partial charge in [-0.25, -0.2) is 0 Å². The van der Waals surface area contributed by atoms with Crippen molar-refractivity contribution in [3.63, 3.8) is 0 Å². The number of aromatic nitrogens is 2. The van der Waals surface area contributed by atoms with Gasteiger partial charge in [-0.05, 0) is 51.0 Å². The smallest absolute Gasteiger partial charge is 0.320 e. The van der Waals surface area contributed by atoms with Gasteiger partial charge in [-0.15, -0.1) is 0 Å². The van der Waals surface area contributed by atoms with E-state index in [4.69, 9.17) is 0 Å². The number of nitrogens with one attached hydrogen (secondary N) is 1. The van der Waals surface area contributed by atoms with Gasteiger partial charge in [-0.3, -0.25) is 19.6 Å². The highest BCUT2D eigenvalue weighted by Gasteiger charge is 2.48. The van der Waals surface area contributed by atoms with Crippen LogP contribution in [0.25, 0.3) is 0 Å². The summed E-state index contributed by atoms with van der Waals surface area (Å²) >= 11 is 0. The van der Waals surface area contributed by atoms with Crippen molar-refractivity contribution in [3.8, 4) is 0 Å². The number of carbonyl (C=O) groups excluding carboxylic acids is 1. The standard InChI is InChI=1S/C19H30N4O3/c1-4-8-23-12-19(11-15(23)18(25)26)6-9-22(10-7-19)17(24)16-13(3)14(5-2)20-21-16/h15H,4-12H2,1-3H3,(H,20,21)(H,25,26). The molecule has 3 rings (SSSR count). The summed E-state index contributed by atoms with van der Waals surface area (Å²) in [6, 6.07) is -0.377. The van der Waals surface area contributed by atoms with E-state index in [1.54, 1.807) is 0 Å². The molecule has 1 spiro atoms. The first kappa shape index (κ1) is 18.9. The van der Waals surface area contributed by atoms with Gasteiger partial charge in [-0.2, -0.15) is 5.10 Å². The lowest BCUT2D eigenvalue weighted by Crippen LogP contribution is -2.44. The van der Waals surface area contributed by atoms with Gasteiger partial charge in [0.25, 0.3) is 5.91 Å². The van der Waals surface area contributed by atoms with E-state index in [2.05, 4.69) is 22.0 Å². The second-order valence-electron chi connectivity index (χ2n) is 7.85. The number of carboxylic acids is 1. The zero-order valence-corrected chi connectivity index (χ0v) is 16.0. The number of likely N-dealkylation sites (tertiary alicyclic amines) is 2. The number of carbonyl (C=O) groups is 2. The monoisotopic (exact) mass is 362 g/mol. The van der Waals surface area contributed by atoms with Crippen molar-refractivity contribution < 1.29 is 14.7 Å². The van der Waals surface area contributed by atoms with E-state index in [1.807, 2.05) is 18.7 Å². The average Bonchev–Trinajstić information content (AvgIpc) is 3.16. The van der Waals surface area contributed by atoms with E-state index in [1.165, 1.54) is 0 Å². The van der Waals surface area contributed by atoms with Gasteiger partial charge in [-0.1, -0.05) is 13.8 Å². The molecular weight excluding hydrogens is 332 g/mol. The van der Waals surface area contributed by atoms with Crippen LogP contribution in [0.15, 0.2) is 0 Å². The van der Waals surface area contributed by atoms with Crippen molar-refractivity contribution in [2.75, 3.05) is 26.2 Å². The third-order valence-corrected chi connectivity index (χ3v) is 6.18. The van der Waals surface area contributed by atoms with Crippen molar-refractivity contribution >= 4 is 11.9 Å². The molecule has 2 N–H and O–H groups in total. The maximum absolute atomic E-state index is 12.8. The molecule has 3 heterocycles. The lowest BCUT2D eigenvalue weighted by Gasteiger charge is -2.39. The molecule has 1 aromatic heterocycles. The van der Waals surface area contributed by atoms with Crippen LogP contribution < -0.4 is 0 Å². The Morgan fingerprint density at radius 3 is 2.54 bits per heavy atom. The predicted octanol–water partition coefficient (Wildman–Crippen LogP) is 2.07. The van der Waals surface area contributed by atoms with Crippen molar-refractivity contribution in [1.82, 2.24) is 20.0 Å². The Bertz CT molecular complexity index is 676. The summed E-state index contributed by atoms with van der Waals surface area (Å²) in [6.07, 6.45) is 4.23. The van der Waals surface area contributed by atoms with E-state index in [0.29, 0.717) is 25.2 Å². The number of amides is 1. The fourth-order valence-corrected chi connectivity index (χ4v) is 4.59. The van der Waals surface area contributed by atoms with Gasteiger partial charge in [0.2, 0.25) is 0 Å². The van der Waals surface area contributed by atoms with Crippen LogP contribution in [0.2, 0.25) is 0 Å². The average molecular weight is 362 g/mol. The molecule has 0 aliphatic carbocycles. The number of nitrogens with zero attached hydrogens (tertiary/aromatic N) is 3. The molecular formula is C19H30N4O3. The Labute approximate surface area is 154 Å². The normalized spacial score (nSPS) is 22.9. The summed E-state index contributed by atoms with van der Waals surface area (Å²) in [4.78, 5) is 28.4. The third kappa shape index (κ3) is 3.37. The highest BCUT2D eigenvalue weighted by molar-refractivity contribution is 5.94. The molecule has 0 saturated carbocycles. The lowest BCUT2D eigenvalue weighted by molar-refractivity contribution is -0.142. The minimum absolute atomic E-state index is 0.00787. The maximum atomic E-state index is 12.8. The Balaban J connectivity index is 1.66. The first-order valence-corrected chi connectivity index (χ1v) is 9.70. The summed E-state index contributed by atoms with van der Waals surface area (Å²) in [5.41, 5.74) is 2.51. The van der Waals surface area contributed by atoms with E-state index in [9.17, 15) is 14.7 Å². The first-order chi connectivity index (χ1) is 12.4. The van der Waals surface area contributed by atoms with Crippen LogP contribution in [0.3, 0.4) is 0 Å². The summed E-state index contributed by atoms with van der Waals surface area (Å²) in [7, 11) is 0. The number of carboxylic acid groups (broad SMARTS) is 1. The molecule has 1 atom stereocenters. The van der Waals surface area contributed by atoms with Crippen LogP contribution in [-0.2, 0) is 11.2 Å². The van der Waals surface area contributed by atoms with Gasteiger partial charge in [0.15, 0.2) is 5.69 Å². The molecule has 7 heteroatoms. The number of H-pyrrole nitrogens is 1. The van der Waals surface area contributed by atoms with Crippen molar-refractivity contribution in [1.29, 1.82) is 0 Å². The topological polar surface area (TPSA) is 89.5 Å². The zero-order valence-electron chi connectivity index (χ0n) is 16.0. The van der Waals surface area contributed by atoms with Crippen molar-refractivity contribution in [2.45, 2.75) is 58.9 Å². The first-order valence-electron chi connectivity index (χ1n) is 9.70. The van der Waals surface area contributed by atoms with Gasteiger partial charge in [0.1, 0.15) is 6.04 Å². The van der Waals surface area contributed by atoms with E-state index < -0.39 is 5.97 Å². The van der Waals surface area contributed by atoms with Crippen LogP contribution in [0.4, 0.5) is 0 Å². The summed E-state index contributed by atoms with van der Waals surface area (Å²) < 4.78 is 0. The molecule has 0 aromatic carbocycles. The molecule has 1 amide bonds. The highest BCUT2D eigenvalue weighted by atomic mass is 16.4. The molecule has 2 aliphatic rings. The second kappa shape index (κ2) is 7.39. The molecule has 7 nitrogen and oxygen atoms in total. The maximum Gasteiger partial charge on any atom is 0.320 e. The van der Waals surface area contributed by atoms with Crippen molar-refractivity contribution in [2.24, 2.45) is 5.41 Å².